The fraction of sp³-hybridized carbons (Fsp3) is 0.682. The Hall–Kier alpha value is -1.03. The minimum absolute atomic E-state index is 0. The van der Waals surface area contributed by atoms with Crippen molar-refractivity contribution >= 4 is 39.8 Å². The fourth-order valence-electron chi connectivity index (χ4n) is 4.52. The first-order valence-electron chi connectivity index (χ1n) is 10.6. The summed E-state index contributed by atoms with van der Waals surface area (Å²) < 4.78 is 29.5. The van der Waals surface area contributed by atoms with Gasteiger partial charge in [0.25, 0.3) is 0 Å². The third-order valence-electron chi connectivity index (χ3n) is 6.45. The lowest BCUT2D eigenvalue weighted by molar-refractivity contribution is 0.350. The average molecular weight is 550 g/mol. The van der Waals surface area contributed by atoms with Gasteiger partial charge in [0, 0.05) is 25.0 Å². The van der Waals surface area contributed by atoms with Crippen LogP contribution in [0.2, 0.25) is 0 Å². The molecule has 6 nitrogen and oxygen atoms in total. The third kappa shape index (κ3) is 5.23. The summed E-state index contributed by atoms with van der Waals surface area (Å²) >= 11 is 0. The van der Waals surface area contributed by atoms with Gasteiger partial charge in [0.1, 0.15) is 5.75 Å². The van der Waals surface area contributed by atoms with Gasteiger partial charge in [-0.3, -0.25) is 4.99 Å². The van der Waals surface area contributed by atoms with E-state index in [0.717, 1.165) is 31.1 Å². The van der Waals surface area contributed by atoms with Crippen LogP contribution in [-0.2, 0) is 15.3 Å². The Morgan fingerprint density at radius 1 is 1.27 bits per heavy atom. The third-order valence-corrected chi connectivity index (χ3v) is 8.99. The Morgan fingerprint density at radius 2 is 1.97 bits per heavy atom. The van der Waals surface area contributed by atoms with Crippen LogP contribution in [0.25, 0.3) is 0 Å². The lowest BCUT2D eigenvalue weighted by Crippen LogP contribution is -2.57. The van der Waals surface area contributed by atoms with Gasteiger partial charge in [-0.2, -0.15) is 0 Å². The van der Waals surface area contributed by atoms with Crippen LogP contribution in [0.4, 0.5) is 0 Å². The lowest BCUT2D eigenvalue weighted by Gasteiger charge is -2.39. The van der Waals surface area contributed by atoms with Gasteiger partial charge in [-0.15, -0.1) is 24.0 Å². The van der Waals surface area contributed by atoms with Gasteiger partial charge in [-0.25, -0.2) is 8.42 Å². The van der Waals surface area contributed by atoms with E-state index in [-0.39, 0.29) is 35.1 Å². The topological polar surface area (TPSA) is 71.0 Å². The number of nitrogens with zero attached hydrogens (tertiary/aromatic N) is 2. The van der Waals surface area contributed by atoms with E-state index in [1.807, 2.05) is 19.9 Å². The fourth-order valence-corrected chi connectivity index (χ4v) is 5.89. The van der Waals surface area contributed by atoms with Gasteiger partial charge >= 0.3 is 0 Å². The molecule has 0 radical (unpaired) electrons. The van der Waals surface area contributed by atoms with Gasteiger partial charge < -0.3 is 15.0 Å². The summed E-state index contributed by atoms with van der Waals surface area (Å²) in [4.78, 5) is 7.14. The van der Waals surface area contributed by atoms with Gasteiger partial charge in [-0.1, -0.05) is 25.0 Å². The quantitative estimate of drug-likeness (QED) is 0.346. The Bertz CT molecular complexity index is 849. The van der Waals surface area contributed by atoms with Crippen LogP contribution in [0, 0.1) is 0 Å². The predicted octanol–water partition coefficient (Wildman–Crippen LogP) is 3.60. The number of rotatable bonds is 5. The van der Waals surface area contributed by atoms with Crippen LogP contribution in [0.1, 0.15) is 52.0 Å². The highest BCUT2D eigenvalue weighted by molar-refractivity contribution is 14.0. The molecule has 8 heteroatoms. The summed E-state index contributed by atoms with van der Waals surface area (Å²) in [7, 11) is -1.37. The van der Waals surface area contributed by atoms with Gasteiger partial charge in [0.2, 0.25) is 0 Å². The Morgan fingerprint density at radius 3 is 2.57 bits per heavy atom. The molecule has 0 amide bonds. The van der Waals surface area contributed by atoms with E-state index < -0.39 is 14.6 Å². The number of aliphatic imine (C=N–C) groups is 1. The van der Waals surface area contributed by atoms with Crippen LogP contribution in [0.5, 0.6) is 5.75 Å². The number of hydrogen-bond donors (Lipinski definition) is 1. The number of sulfone groups is 1. The molecule has 1 aliphatic heterocycles. The number of guanidine groups is 1. The largest absolute Gasteiger partial charge is 0.497 e. The zero-order valence-corrected chi connectivity index (χ0v) is 21.8. The molecule has 0 unspecified atom stereocenters. The van der Waals surface area contributed by atoms with E-state index in [1.165, 1.54) is 18.4 Å². The molecule has 30 heavy (non-hydrogen) atoms. The molecule has 2 aliphatic rings. The zero-order valence-electron chi connectivity index (χ0n) is 18.6. The summed E-state index contributed by atoms with van der Waals surface area (Å²) in [6.45, 7) is 8.09. The van der Waals surface area contributed by atoms with Crippen LogP contribution < -0.4 is 10.1 Å². The van der Waals surface area contributed by atoms with E-state index >= 15 is 0 Å². The van der Waals surface area contributed by atoms with Crippen LogP contribution in [0.3, 0.4) is 0 Å². The van der Waals surface area contributed by atoms with Crippen LogP contribution >= 0.6 is 24.0 Å². The van der Waals surface area contributed by atoms with Gasteiger partial charge in [-0.05, 0) is 51.3 Å². The molecule has 1 N–H and O–H groups in total. The SMILES string of the molecule is CCNC(=NCC1(c2cccc(OC)c2)CCCC1)N1CCS(=O)(=O)C(C)(C)C1.I. The van der Waals surface area contributed by atoms with Crippen molar-refractivity contribution in [3.8, 4) is 5.75 Å². The van der Waals surface area contributed by atoms with Gasteiger partial charge in [0.15, 0.2) is 15.8 Å². The van der Waals surface area contributed by atoms with Gasteiger partial charge in [0.05, 0.1) is 24.2 Å². The van der Waals surface area contributed by atoms with Crippen molar-refractivity contribution in [2.24, 2.45) is 4.99 Å². The van der Waals surface area contributed by atoms with E-state index in [1.54, 1.807) is 7.11 Å². The number of nitrogens with one attached hydrogen (secondary N) is 1. The molecular formula is C22H36IN3O3S. The van der Waals surface area contributed by atoms with Crippen LogP contribution in [-0.4, -0.2) is 63.1 Å². The summed E-state index contributed by atoms with van der Waals surface area (Å²) in [5.41, 5.74) is 1.31. The summed E-state index contributed by atoms with van der Waals surface area (Å²) in [6, 6.07) is 8.37. The summed E-state index contributed by atoms with van der Waals surface area (Å²) in [5.74, 6) is 1.88. The molecule has 1 aromatic rings. The minimum Gasteiger partial charge on any atom is -0.497 e. The minimum atomic E-state index is -3.07. The maximum atomic E-state index is 12.4. The second-order valence-corrected chi connectivity index (χ2v) is 11.6. The molecule has 2 fully saturated rings. The van der Waals surface area contributed by atoms with Crippen LogP contribution in [0.15, 0.2) is 29.3 Å². The highest BCUT2D eigenvalue weighted by atomic mass is 127. The summed E-state index contributed by atoms with van der Waals surface area (Å²) in [5, 5.41) is 3.39. The van der Waals surface area contributed by atoms with Crippen molar-refractivity contribution in [1.82, 2.24) is 10.2 Å². The van der Waals surface area contributed by atoms with E-state index in [4.69, 9.17) is 9.73 Å². The Kier molecular flexibility index (Phi) is 8.46. The van der Waals surface area contributed by atoms with E-state index in [9.17, 15) is 8.42 Å². The maximum absolute atomic E-state index is 12.4. The number of halogens is 1. The van der Waals surface area contributed by atoms with E-state index in [2.05, 4.69) is 35.3 Å². The molecule has 1 aliphatic carbocycles. The number of hydrogen-bond acceptors (Lipinski definition) is 4. The second kappa shape index (κ2) is 10.1. The first-order valence-corrected chi connectivity index (χ1v) is 12.3. The number of benzene rings is 1. The normalized spacial score (nSPS) is 22.3. The molecule has 3 rings (SSSR count). The number of ether oxygens (including phenoxy) is 1. The first kappa shape index (κ1) is 25.2. The molecule has 170 valence electrons. The second-order valence-electron chi connectivity index (χ2n) is 8.89. The maximum Gasteiger partial charge on any atom is 0.194 e. The molecule has 0 bridgehead atoms. The number of methoxy groups -OCH3 is 1. The molecule has 1 saturated heterocycles. The molecule has 1 aromatic carbocycles. The molecule has 0 aromatic heterocycles. The first-order chi connectivity index (χ1) is 13.7. The van der Waals surface area contributed by atoms with Crippen molar-refractivity contribution < 1.29 is 13.2 Å². The Labute approximate surface area is 198 Å². The monoisotopic (exact) mass is 549 g/mol. The molecular weight excluding hydrogens is 513 g/mol. The molecule has 1 heterocycles. The highest BCUT2D eigenvalue weighted by Gasteiger charge is 2.41. The average Bonchev–Trinajstić information content (AvgIpc) is 3.18. The molecule has 0 atom stereocenters. The zero-order chi connectivity index (χ0) is 21.1. The van der Waals surface area contributed by atoms with Crippen molar-refractivity contribution in [2.45, 2.75) is 56.6 Å². The lowest BCUT2D eigenvalue weighted by atomic mass is 9.79. The molecule has 1 saturated carbocycles. The highest BCUT2D eigenvalue weighted by Crippen LogP contribution is 2.42. The predicted molar refractivity (Wildman–Crippen MR) is 134 cm³/mol. The van der Waals surface area contributed by atoms with Crippen molar-refractivity contribution in [3.05, 3.63) is 29.8 Å². The van der Waals surface area contributed by atoms with Crippen molar-refractivity contribution in [1.29, 1.82) is 0 Å². The molecule has 0 spiro atoms. The Balaban J connectivity index is 0.00000320. The smallest absolute Gasteiger partial charge is 0.194 e. The standard InChI is InChI=1S/C22H35N3O3S.HI/c1-5-23-20(25-13-14-29(26,27)21(2,3)17-25)24-16-22(11-6-7-12-22)18-9-8-10-19(15-18)28-4;/h8-10,15H,5-7,11-14,16-17H2,1-4H3,(H,23,24);1H. The summed E-state index contributed by atoms with van der Waals surface area (Å²) in [6.07, 6.45) is 4.64. The van der Waals surface area contributed by atoms with Crippen molar-refractivity contribution in [3.63, 3.8) is 0 Å². The van der Waals surface area contributed by atoms with E-state index in [0.29, 0.717) is 19.6 Å². The van der Waals surface area contributed by atoms with Crippen molar-refractivity contribution in [2.75, 3.05) is 39.0 Å².